The molecule has 1 saturated heterocycles. The van der Waals surface area contributed by atoms with Crippen molar-refractivity contribution in [3.8, 4) is 0 Å². The van der Waals surface area contributed by atoms with Gasteiger partial charge in [-0.1, -0.05) is 0 Å². The SMILES string of the molecule is O=[N+]([O-])c1ccc(NCC2(O)CCOC2)nc1. The Hall–Kier alpha value is -1.73. The average molecular weight is 239 g/mol. The van der Waals surface area contributed by atoms with Crippen LogP contribution < -0.4 is 5.32 Å². The summed E-state index contributed by atoms with van der Waals surface area (Å²) in [4.78, 5) is 13.8. The van der Waals surface area contributed by atoms with Crippen LogP contribution in [0, 0.1) is 10.1 Å². The van der Waals surface area contributed by atoms with Gasteiger partial charge in [0.1, 0.15) is 17.6 Å². The number of ether oxygens (including phenoxy) is 1. The van der Waals surface area contributed by atoms with Crippen LogP contribution in [0.1, 0.15) is 6.42 Å². The maximum atomic E-state index is 10.4. The van der Waals surface area contributed by atoms with Gasteiger partial charge in [-0.15, -0.1) is 0 Å². The summed E-state index contributed by atoms with van der Waals surface area (Å²) >= 11 is 0. The maximum Gasteiger partial charge on any atom is 0.287 e. The van der Waals surface area contributed by atoms with E-state index in [4.69, 9.17) is 4.74 Å². The molecule has 1 aromatic heterocycles. The van der Waals surface area contributed by atoms with Crippen molar-refractivity contribution in [1.82, 2.24) is 4.98 Å². The van der Waals surface area contributed by atoms with E-state index in [1.165, 1.54) is 18.3 Å². The normalized spacial score (nSPS) is 23.6. The number of anilines is 1. The number of hydrogen-bond donors (Lipinski definition) is 2. The summed E-state index contributed by atoms with van der Waals surface area (Å²) in [7, 11) is 0. The van der Waals surface area contributed by atoms with Crippen LogP contribution >= 0.6 is 0 Å². The molecule has 1 unspecified atom stereocenters. The lowest BCUT2D eigenvalue weighted by Gasteiger charge is -2.20. The Labute approximate surface area is 97.6 Å². The highest BCUT2D eigenvalue weighted by Gasteiger charge is 2.31. The standard InChI is InChI=1S/C10H13N3O4/c14-10(3-4-17-7-10)6-12-9-2-1-8(5-11-9)13(15)16/h1-2,5,14H,3-4,6-7H2,(H,11,12). The van der Waals surface area contributed by atoms with E-state index in [1.807, 2.05) is 0 Å². The summed E-state index contributed by atoms with van der Waals surface area (Å²) in [6.07, 6.45) is 1.75. The van der Waals surface area contributed by atoms with Crippen molar-refractivity contribution < 1.29 is 14.8 Å². The third kappa shape index (κ3) is 2.89. The first-order valence-electron chi connectivity index (χ1n) is 5.24. The molecule has 2 N–H and O–H groups in total. The lowest BCUT2D eigenvalue weighted by atomic mass is 10.0. The number of pyridine rings is 1. The molecule has 2 rings (SSSR count). The number of nitro groups is 1. The molecule has 0 saturated carbocycles. The third-order valence-corrected chi connectivity index (χ3v) is 2.64. The second-order valence-electron chi connectivity index (χ2n) is 4.04. The molecule has 1 aliphatic heterocycles. The molecule has 92 valence electrons. The second-order valence-corrected chi connectivity index (χ2v) is 4.04. The van der Waals surface area contributed by atoms with Crippen molar-refractivity contribution in [3.05, 3.63) is 28.4 Å². The van der Waals surface area contributed by atoms with Crippen molar-refractivity contribution in [2.75, 3.05) is 25.1 Å². The molecule has 1 aliphatic rings. The highest BCUT2D eigenvalue weighted by molar-refractivity contribution is 5.40. The smallest absolute Gasteiger partial charge is 0.287 e. The number of hydrogen-bond acceptors (Lipinski definition) is 6. The maximum absolute atomic E-state index is 10.4. The van der Waals surface area contributed by atoms with Crippen LogP contribution in [0.3, 0.4) is 0 Å². The van der Waals surface area contributed by atoms with Gasteiger partial charge in [0.15, 0.2) is 0 Å². The first kappa shape index (κ1) is 11.7. The van der Waals surface area contributed by atoms with E-state index in [1.54, 1.807) is 0 Å². The van der Waals surface area contributed by atoms with Gasteiger partial charge in [-0.3, -0.25) is 10.1 Å². The third-order valence-electron chi connectivity index (χ3n) is 2.64. The van der Waals surface area contributed by atoms with Gasteiger partial charge in [-0.25, -0.2) is 4.98 Å². The Morgan fingerprint density at radius 2 is 2.47 bits per heavy atom. The summed E-state index contributed by atoms with van der Waals surface area (Å²) < 4.78 is 5.10. The predicted molar refractivity (Wildman–Crippen MR) is 59.8 cm³/mol. The molecular formula is C10H13N3O4. The summed E-state index contributed by atoms with van der Waals surface area (Å²) in [5, 5.41) is 23.3. The predicted octanol–water partition coefficient (Wildman–Crippen LogP) is 0.553. The van der Waals surface area contributed by atoms with Gasteiger partial charge >= 0.3 is 0 Å². The van der Waals surface area contributed by atoms with Crippen LogP contribution in [0.15, 0.2) is 18.3 Å². The van der Waals surface area contributed by atoms with Crippen molar-refractivity contribution in [2.24, 2.45) is 0 Å². The zero-order chi connectivity index (χ0) is 12.3. The second kappa shape index (κ2) is 4.64. The highest BCUT2D eigenvalue weighted by Crippen LogP contribution is 2.19. The van der Waals surface area contributed by atoms with Crippen molar-refractivity contribution in [1.29, 1.82) is 0 Å². The molecule has 0 radical (unpaired) electrons. The monoisotopic (exact) mass is 239 g/mol. The van der Waals surface area contributed by atoms with E-state index in [-0.39, 0.29) is 5.69 Å². The van der Waals surface area contributed by atoms with Crippen molar-refractivity contribution >= 4 is 11.5 Å². The van der Waals surface area contributed by atoms with Gasteiger partial charge in [0.25, 0.3) is 5.69 Å². The van der Waals surface area contributed by atoms with Gasteiger partial charge in [0, 0.05) is 25.6 Å². The average Bonchev–Trinajstić information content (AvgIpc) is 2.75. The number of aliphatic hydroxyl groups is 1. The molecule has 1 atom stereocenters. The fraction of sp³-hybridized carbons (Fsp3) is 0.500. The van der Waals surface area contributed by atoms with Crippen LogP contribution in [-0.4, -0.2) is 40.4 Å². The fourth-order valence-corrected chi connectivity index (χ4v) is 1.59. The Balaban J connectivity index is 1.93. The zero-order valence-corrected chi connectivity index (χ0v) is 9.13. The van der Waals surface area contributed by atoms with Crippen LogP contribution in [0.5, 0.6) is 0 Å². The van der Waals surface area contributed by atoms with Crippen LogP contribution in [0.25, 0.3) is 0 Å². The molecule has 7 nitrogen and oxygen atoms in total. The molecule has 0 spiro atoms. The van der Waals surface area contributed by atoms with Gasteiger partial charge in [-0.2, -0.15) is 0 Å². The minimum atomic E-state index is -0.872. The molecular weight excluding hydrogens is 226 g/mol. The van der Waals surface area contributed by atoms with E-state index in [9.17, 15) is 15.2 Å². The van der Waals surface area contributed by atoms with Crippen molar-refractivity contribution in [2.45, 2.75) is 12.0 Å². The lowest BCUT2D eigenvalue weighted by molar-refractivity contribution is -0.385. The Bertz CT molecular complexity index is 401. The van der Waals surface area contributed by atoms with Crippen LogP contribution in [0.4, 0.5) is 11.5 Å². The molecule has 0 aromatic carbocycles. The number of nitrogens with one attached hydrogen (secondary N) is 1. The van der Waals surface area contributed by atoms with Gasteiger partial charge in [-0.05, 0) is 6.07 Å². The Morgan fingerprint density at radius 3 is 3.00 bits per heavy atom. The molecule has 7 heteroatoms. The highest BCUT2D eigenvalue weighted by atomic mass is 16.6. The molecule has 1 fully saturated rings. The number of aromatic nitrogens is 1. The van der Waals surface area contributed by atoms with E-state index >= 15 is 0 Å². The van der Waals surface area contributed by atoms with Gasteiger partial charge < -0.3 is 15.2 Å². The minimum absolute atomic E-state index is 0.0570. The molecule has 0 amide bonds. The molecule has 0 aliphatic carbocycles. The van der Waals surface area contributed by atoms with Gasteiger partial charge in [0.2, 0.25) is 0 Å². The lowest BCUT2D eigenvalue weighted by Crippen LogP contribution is -2.37. The Kier molecular flexibility index (Phi) is 3.21. The number of nitrogens with zero attached hydrogens (tertiary/aromatic N) is 2. The molecule has 17 heavy (non-hydrogen) atoms. The van der Waals surface area contributed by atoms with E-state index in [0.29, 0.717) is 32.0 Å². The topological polar surface area (TPSA) is 97.5 Å². The summed E-state index contributed by atoms with van der Waals surface area (Å²) in [6.45, 7) is 1.16. The summed E-state index contributed by atoms with van der Waals surface area (Å²) in [6, 6.07) is 2.88. The molecule has 0 bridgehead atoms. The minimum Gasteiger partial charge on any atom is -0.386 e. The first-order valence-corrected chi connectivity index (χ1v) is 5.24. The van der Waals surface area contributed by atoms with E-state index < -0.39 is 10.5 Å². The van der Waals surface area contributed by atoms with Crippen LogP contribution in [0.2, 0.25) is 0 Å². The first-order chi connectivity index (χ1) is 8.09. The van der Waals surface area contributed by atoms with Gasteiger partial charge in [0.05, 0.1) is 11.5 Å². The number of rotatable bonds is 4. The molecule has 2 heterocycles. The van der Waals surface area contributed by atoms with E-state index in [2.05, 4.69) is 10.3 Å². The zero-order valence-electron chi connectivity index (χ0n) is 9.13. The van der Waals surface area contributed by atoms with E-state index in [0.717, 1.165) is 0 Å². The summed E-state index contributed by atoms with van der Waals surface area (Å²) in [5.41, 5.74) is -0.929. The van der Waals surface area contributed by atoms with Crippen molar-refractivity contribution in [3.63, 3.8) is 0 Å². The summed E-state index contributed by atoms with van der Waals surface area (Å²) in [5.74, 6) is 0.496. The largest absolute Gasteiger partial charge is 0.386 e. The fourth-order valence-electron chi connectivity index (χ4n) is 1.59. The quantitative estimate of drug-likeness (QED) is 0.588. The molecule has 1 aromatic rings. The Morgan fingerprint density at radius 1 is 1.65 bits per heavy atom. The van der Waals surface area contributed by atoms with Crippen LogP contribution in [-0.2, 0) is 4.74 Å².